The number of amides is 1. The van der Waals surface area contributed by atoms with E-state index in [0.29, 0.717) is 5.69 Å². The van der Waals surface area contributed by atoms with Gasteiger partial charge in [-0.05, 0) is 48.4 Å². The predicted molar refractivity (Wildman–Crippen MR) is 93.4 cm³/mol. The van der Waals surface area contributed by atoms with Gasteiger partial charge < -0.3 is 9.88 Å². The van der Waals surface area contributed by atoms with Crippen molar-refractivity contribution < 1.29 is 9.18 Å². The normalized spacial score (nSPS) is 11.9. The molecule has 0 aliphatic rings. The second-order valence-corrected chi connectivity index (χ2v) is 5.77. The lowest BCUT2D eigenvalue weighted by Gasteiger charge is -2.21. The molecule has 0 spiro atoms. The van der Waals surface area contributed by atoms with Crippen LogP contribution in [-0.4, -0.2) is 10.5 Å². The van der Waals surface area contributed by atoms with Crippen molar-refractivity contribution in [2.45, 2.75) is 19.4 Å². The van der Waals surface area contributed by atoms with E-state index in [2.05, 4.69) is 5.32 Å². The van der Waals surface area contributed by atoms with Gasteiger partial charge in [0.15, 0.2) is 0 Å². The Morgan fingerprint density at radius 2 is 1.83 bits per heavy atom. The summed E-state index contributed by atoms with van der Waals surface area (Å²) in [6.07, 6.45) is 4.18. The molecule has 24 heavy (non-hydrogen) atoms. The van der Waals surface area contributed by atoms with Gasteiger partial charge in [-0.15, -0.1) is 0 Å². The highest BCUT2D eigenvalue weighted by Crippen LogP contribution is 2.26. The number of nitrogens with zero attached hydrogens (tertiary/aromatic N) is 1. The van der Waals surface area contributed by atoms with Gasteiger partial charge in [0.05, 0.1) is 12.5 Å². The van der Waals surface area contributed by atoms with E-state index in [9.17, 15) is 9.18 Å². The number of carbonyl (C=O) groups is 1. The highest BCUT2D eigenvalue weighted by Gasteiger charge is 2.19. The first-order valence-electron chi connectivity index (χ1n) is 7.87. The number of rotatable bonds is 5. The van der Waals surface area contributed by atoms with E-state index in [-0.39, 0.29) is 24.2 Å². The van der Waals surface area contributed by atoms with Gasteiger partial charge in [0.2, 0.25) is 5.91 Å². The monoisotopic (exact) mass is 322 g/mol. The number of hydrogen-bond donors (Lipinski definition) is 1. The van der Waals surface area contributed by atoms with Crippen molar-refractivity contribution in [3.63, 3.8) is 0 Å². The molecule has 2 aromatic carbocycles. The van der Waals surface area contributed by atoms with E-state index >= 15 is 0 Å². The zero-order valence-electron chi connectivity index (χ0n) is 13.4. The summed E-state index contributed by atoms with van der Waals surface area (Å²) in [5.74, 6) is -0.517. The first kappa shape index (κ1) is 16.0. The molecule has 1 aromatic heterocycles. The van der Waals surface area contributed by atoms with Gasteiger partial charge in [-0.25, -0.2) is 4.39 Å². The Labute approximate surface area is 140 Å². The van der Waals surface area contributed by atoms with E-state index in [0.717, 1.165) is 11.1 Å². The third kappa shape index (κ3) is 3.71. The number of anilines is 1. The summed E-state index contributed by atoms with van der Waals surface area (Å²) >= 11 is 0. The highest BCUT2D eigenvalue weighted by molar-refractivity contribution is 5.91. The third-order valence-electron chi connectivity index (χ3n) is 4.02. The van der Waals surface area contributed by atoms with Gasteiger partial charge in [-0.1, -0.05) is 30.3 Å². The minimum atomic E-state index is -0.367. The lowest BCUT2D eigenvalue weighted by Crippen LogP contribution is -2.20. The van der Waals surface area contributed by atoms with Gasteiger partial charge in [0, 0.05) is 18.1 Å². The Balaban J connectivity index is 1.82. The molecular formula is C20H19FN2O. The van der Waals surface area contributed by atoms with Gasteiger partial charge in [-0.2, -0.15) is 0 Å². The topological polar surface area (TPSA) is 34.0 Å². The van der Waals surface area contributed by atoms with Gasteiger partial charge in [0.25, 0.3) is 0 Å². The van der Waals surface area contributed by atoms with E-state index in [4.69, 9.17) is 0 Å². The summed E-state index contributed by atoms with van der Waals surface area (Å²) in [6, 6.07) is 17.7. The molecule has 0 saturated carbocycles. The summed E-state index contributed by atoms with van der Waals surface area (Å²) in [4.78, 5) is 12.5. The molecule has 1 atom stereocenters. The molecule has 122 valence electrons. The first-order valence-corrected chi connectivity index (χ1v) is 7.87. The predicted octanol–water partition coefficient (Wildman–Crippen LogP) is 4.55. The smallest absolute Gasteiger partial charge is 0.226 e. The van der Waals surface area contributed by atoms with Crippen molar-refractivity contribution >= 4 is 11.6 Å². The lowest BCUT2D eigenvalue weighted by molar-refractivity contribution is -0.116. The van der Waals surface area contributed by atoms with Crippen LogP contribution in [0, 0.1) is 12.7 Å². The Bertz CT molecular complexity index is 827. The number of halogens is 1. The molecule has 1 N–H and O–H groups in total. The van der Waals surface area contributed by atoms with E-state index in [1.165, 1.54) is 12.1 Å². The summed E-state index contributed by atoms with van der Waals surface area (Å²) in [5.41, 5.74) is 2.70. The second-order valence-electron chi connectivity index (χ2n) is 5.77. The summed E-state index contributed by atoms with van der Waals surface area (Å²) < 4.78 is 15.3. The second kappa shape index (κ2) is 7.13. The molecule has 3 aromatic rings. The van der Waals surface area contributed by atoms with Crippen molar-refractivity contribution in [3.8, 4) is 0 Å². The van der Waals surface area contributed by atoms with Crippen LogP contribution in [-0.2, 0) is 4.79 Å². The average Bonchev–Trinajstić information content (AvgIpc) is 3.07. The van der Waals surface area contributed by atoms with Crippen LogP contribution in [0.25, 0.3) is 0 Å². The molecule has 0 fully saturated rings. The molecule has 4 heteroatoms. The largest absolute Gasteiger partial charge is 0.346 e. The minimum Gasteiger partial charge on any atom is -0.346 e. The number of hydrogen-bond acceptors (Lipinski definition) is 1. The maximum Gasteiger partial charge on any atom is 0.226 e. The van der Waals surface area contributed by atoms with E-state index in [1.54, 1.807) is 12.1 Å². The Morgan fingerprint density at radius 3 is 2.54 bits per heavy atom. The molecule has 3 rings (SSSR count). The summed E-state index contributed by atoms with van der Waals surface area (Å²) in [5, 5.41) is 2.77. The zero-order valence-corrected chi connectivity index (χ0v) is 13.4. The fraction of sp³-hybridized carbons (Fsp3) is 0.150. The Morgan fingerprint density at radius 1 is 1.08 bits per heavy atom. The number of aryl methyl sites for hydroxylation is 1. The Hall–Kier alpha value is -2.88. The average molecular weight is 322 g/mol. The Kier molecular flexibility index (Phi) is 4.75. The van der Waals surface area contributed by atoms with Crippen molar-refractivity contribution in [3.05, 3.63) is 90.0 Å². The van der Waals surface area contributed by atoms with Crippen LogP contribution in [0.4, 0.5) is 10.1 Å². The number of carbonyl (C=O) groups excluding carboxylic acids is 1. The molecule has 0 aliphatic carbocycles. The van der Waals surface area contributed by atoms with Crippen LogP contribution in [0.15, 0.2) is 73.1 Å². The fourth-order valence-electron chi connectivity index (χ4n) is 2.85. The maximum atomic E-state index is 13.3. The molecule has 1 heterocycles. The van der Waals surface area contributed by atoms with E-state index < -0.39 is 0 Å². The van der Waals surface area contributed by atoms with Crippen LogP contribution in [0.2, 0.25) is 0 Å². The molecule has 0 radical (unpaired) electrons. The molecular weight excluding hydrogens is 303 g/mol. The molecule has 0 saturated heterocycles. The number of benzene rings is 2. The van der Waals surface area contributed by atoms with Crippen LogP contribution in [0.1, 0.15) is 23.6 Å². The van der Waals surface area contributed by atoms with Crippen molar-refractivity contribution in [1.29, 1.82) is 0 Å². The lowest BCUT2D eigenvalue weighted by atomic mass is 9.98. The van der Waals surface area contributed by atoms with Crippen LogP contribution in [0.5, 0.6) is 0 Å². The van der Waals surface area contributed by atoms with Crippen molar-refractivity contribution in [1.82, 2.24) is 4.57 Å². The number of nitrogens with one attached hydrogen (secondary N) is 1. The minimum absolute atomic E-state index is 0.102. The fourth-order valence-corrected chi connectivity index (χ4v) is 2.85. The van der Waals surface area contributed by atoms with Crippen molar-refractivity contribution in [2.75, 3.05) is 5.32 Å². The van der Waals surface area contributed by atoms with Gasteiger partial charge in [-0.3, -0.25) is 4.79 Å². The molecule has 3 nitrogen and oxygen atoms in total. The molecule has 0 aliphatic heterocycles. The van der Waals surface area contributed by atoms with Crippen LogP contribution in [0.3, 0.4) is 0 Å². The highest BCUT2D eigenvalue weighted by atomic mass is 19.1. The standard InChI is InChI=1S/C20H19FN2O/c1-15-7-2-3-10-18(15)19(23-11-4-5-12-23)14-20(24)22-17-9-6-8-16(21)13-17/h2-13,19H,14H2,1H3,(H,22,24)/t19-/m0/s1. The number of aromatic nitrogens is 1. The van der Waals surface area contributed by atoms with E-state index in [1.807, 2.05) is 60.3 Å². The molecule has 0 bridgehead atoms. The molecule has 0 unspecified atom stereocenters. The summed E-state index contributed by atoms with van der Waals surface area (Å²) in [7, 11) is 0. The SMILES string of the molecule is Cc1ccccc1[C@H](CC(=O)Nc1cccc(F)c1)n1cccc1. The zero-order chi connectivity index (χ0) is 16.9. The van der Waals surface area contributed by atoms with Crippen LogP contribution >= 0.6 is 0 Å². The van der Waals surface area contributed by atoms with Gasteiger partial charge >= 0.3 is 0 Å². The van der Waals surface area contributed by atoms with Crippen molar-refractivity contribution in [2.24, 2.45) is 0 Å². The third-order valence-corrected chi connectivity index (χ3v) is 4.02. The molecule has 1 amide bonds. The summed E-state index contributed by atoms with van der Waals surface area (Å²) in [6.45, 7) is 2.04. The van der Waals surface area contributed by atoms with Gasteiger partial charge in [0.1, 0.15) is 5.82 Å². The first-order chi connectivity index (χ1) is 11.6. The quantitative estimate of drug-likeness (QED) is 0.734. The maximum absolute atomic E-state index is 13.3. The van der Waals surface area contributed by atoms with Crippen LogP contribution < -0.4 is 5.32 Å².